The predicted molar refractivity (Wildman–Crippen MR) is 101 cm³/mol. The lowest BCUT2D eigenvalue weighted by Crippen LogP contribution is -2.48. The highest BCUT2D eigenvalue weighted by molar-refractivity contribution is 14.1. The highest BCUT2D eigenvalue weighted by Crippen LogP contribution is 2.12. The van der Waals surface area contributed by atoms with Gasteiger partial charge in [0.2, 0.25) is 5.91 Å². The number of rotatable bonds is 4. The Morgan fingerprint density at radius 1 is 0.870 bits per heavy atom. The van der Waals surface area contributed by atoms with Gasteiger partial charge in [0.25, 0.3) is 0 Å². The van der Waals surface area contributed by atoms with E-state index in [1.807, 2.05) is 23.1 Å². The summed E-state index contributed by atoms with van der Waals surface area (Å²) in [5, 5.41) is 0. The van der Waals surface area contributed by atoms with Gasteiger partial charge in [-0.15, -0.1) is 0 Å². The third-order valence-electron chi connectivity index (χ3n) is 4.24. The van der Waals surface area contributed by atoms with E-state index in [-0.39, 0.29) is 5.91 Å². The molecule has 0 N–H and O–H groups in total. The van der Waals surface area contributed by atoms with Crippen LogP contribution in [0, 0.1) is 3.57 Å². The van der Waals surface area contributed by atoms with Crippen LogP contribution in [-0.2, 0) is 17.8 Å². The molecule has 0 spiro atoms. The lowest BCUT2D eigenvalue weighted by atomic mass is 10.1. The average molecular weight is 420 g/mol. The van der Waals surface area contributed by atoms with E-state index in [4.69, 9.17) is 0 Å². The Labute approximate surface area is 151 Å². The molecule has 0 bridgehead atoms. The summed E-state index contributed by atoms with van der Waals surface area (Å²) < 4.78 is 1.20. The van der Waals surface area contributed by atoms with Crippen LogP contribution in [0.25, 0.3) is 0 Å². The number of hydrogen-bond acceptors (Lipinski definition) is 2. The quantitative estimate of drug-likeness (QED) is 0.710. The topological polar surface area (TPSA) is 23.6 Å². The molecule has 0 aromatic heterocycles. The van der Waals surface area contributed by atoms with E-state index >= 15 is 0 Å². The van der Waals surface area contributed by atoms with Crippen molar-refractivity contribution in [2.75, 3.05) is 26.2 Å². The van der Waals surface area contributed by atoms with Crippen molar-refractivity contribution in [3.63, 3.8) is 0 Å². The molecule has 1 amide bonds. The van der Waals surface area contributed by atoms with E-state index in [0.29, 0.717) is 6.42 Å². The van der Waals surface area contributed by atoms with E-state index in [0.717, 1.165) is 38.3 Å². The zero-order valence-corrected chi connectivity index (χ0v) is 15.3. The first-order valence-corrected chi connectivity index (χ1v) is 9.07. The fourth-order valence-electron chi connectivity index (χ4n) is 2.89. The monoisotopic (exact) mass is 420 g/mol. The van der Waals surface area contributed by atoms with Gasteiger partial charge < -0.3 is 4.90 Å². The van der Waals surface area contributed by atoms with Gasteiger partial charge >= 0.3 is 0 Å². The Balaban J connectivity index is 1.48. The molecule has 1 aliphatic rings. The van der Waals surface area contributed by atoms with Crippen molar-refractivity contribution >= 4 is 28.5 Å². The molecule has 2 aromatic carbocycles. The van der Waals surface area contributed by atoms with Gasteiger partial charge in [0.05, 0.1) is 6.42 Å². The molecule has 0 atom stereocenters. The van der Waals surface area contributed by atoms with Crippen molar-refractivity contribution in [1.29, 1.82) is 0 Å². The lowest BCUT2D eigenvalue weighted by Gasteiger charge is -2.34. The predicted octanol–water partition coefficient (Wildman–Crippen LogP) is 3.18. The van der Waals surface area contributed by atoms with Gasteiger partial charge in [-0.2, -0.15) is 0 Å². The van der Waals surface area contributed by atoms with E-state index in [2.05, 4.69) is 63.9 Å². The summed E-state index contributed by atoms with van der Waals surface area (Å²) in [5.74, 6) is 0.241. The summed E-state index contributed by atoms with van der Waals surface area (Å²) in [7, 11) is 0. The second-order valence-electron chi connectivity index (χ2n) is 5.95. The maximum atomic E-state index is 12.4. The van der Waals surface area contributed by atoms with Crippen LogP contribution in [-0.4, -0.2) is 41.9 Å². The summed E-state index contributed by atoms with van der Waals surface area (Å²) in [6.07, 6.45) is 0.510. The molecule has 3 rings (SSSR count). The van der Waals surface area contributed by atoms with E-state index < -0.39 is 0 Å². The lowest BCUT2D eigenvalue weighted by molar-refractivity contribution is -0.132. The summed E-state index contributed by atoms with van der Waals surface area (Å²) in [4.78, 5) is 16.8. The number of carbonyl (C=O) groups is 1. The Morgan fingerprint density at radius 2 is 1.52 bits per heavy atom. The minimum absolute atomic E-state index is 0.241. The summed E-state index contributed by atoms with van der Waals surface area (Å²) in [6, 6.07) is 18.7. The number of nitrogens with zero attached hydrogens (tertiary/aromatic N) is 2. The van der Waals surface area contributed by atoms with Crippen molar-refractivity contribution in [3.05, 3.63) is 69.3 Å². The van der Waals surface area contributed by atoms with Gasteiger partial charge in [-0.25, -0.2) is 0 Å². The van der Waals surface area contributed by atoms with E-state index in [9.17, 15) is 4.79 Å². The number of piperazine rings is 1. The molecule has 120 valence electrons. The zero-order chi connectivity index (χ0) is 16.1. The molecule has 0 aliphatic carbocycles. The molecule has 3 nitrogen and oxygen atoms in total. The first-order chi connectivity index (χ1) is 11.2. The van der Waals surface area contributed by atoms with E-state index in [1.54, 1.807) is 0 Å². The second-order valence-corrected chi connectivity index (χ2v) is 7.19. The van der Waals surface area contributed by atoms with Crippen LogP contribution < -0.4 is 0 Å². The normalized spacial score (nSPS) is 15.6. The van der Waals surface area contributed by atoms with Crippen LogP contribution in [0.15, 0.2) is 54.6 Å². The molecule has 4 heteroatoms. The first-order valence-electron chi connectivity index (χ1n) is 7.99. The SMILES string of the molecule is O=C(Cc1ccc(I)cc1)N1CCN(Cc2ccccc2)CC1. The van der Waals surface area contributed by atoms with Gasteiger partial charge in [0, 0.05) is 36.3 Å². The van der Waals surface area contributed by atoms with E-state index in [1.165, 1.54) is 9.13 Å². The number of amides is 1. The van der Waals surface area contributed by atoms with Gasteiger partial charge in [0.1, 0.15) is 0 Å². The van der Waals surface area contributed by atoms with Crippen LogP contribution in [0.1, 0.15) is 11.1 Å². The van der Waals surface area contributed by atoms with Crippen LogP contribution in [0.5, 0.6) is 0 Å². The van der Waals surface area contributed by atoms with Gasteiger partial charge in [-0.1, -0.05) is 42.5 Å². The van der Waals surface area contributed by atoms with Crippen LogP contribution in [0.3, 0.4) is 0 Å². The molecule has 1 aliphatic heterocycles. The molecular weight excluding hydrogens is 399 g/mol. The number of carbonyl (C=O) groups excluding carboxylic acids is 1. The number of benzene rings is 2. The summed E-state index contributed by atoms with van der Waals surface area (Å²) >= 11 is 2.28. The highest BCUT2D eigenvalue weighted by Gasteiger charge is 2.21. The highest BCUT2D eigenvalue weighted by atomic mass is 127. The Hall–Kier alpha value is -1.40. The third-order valence-corrected chi connectivity index (χ3v) is 4.96. The second kappa shape index (κ2) is 7.93. The molecule has 1 heterocycles. The largest absolute Gasteiger partial charge is 0.340 e. The van der Waals surface area contributed by atoms with Crippen molar-refractivity contribution in [1.82, 2.24) is 9.80 Å². The molecule has 1 fully saturated rings. The smallest absolute Gasteiger partial charge is 0.227 e. The zero-order valence-electron chi connectivity index (χ0n) is 13.1. The third kappa shape index (κ3) is 4.78. The molecule has 23 heavy (non-hydrogen) atoms. The molecule has 0 unspecified atom stereocenters. The molecule has 0 saturated carbocycles. The Kier molecular flexibility index (Phi) is 5.67. The summed E-state index contributed by atoms with van der Waals surface area (Å²) in [5.41, 5.74) is 2.44. The van der Waals surface area contributed by atoms with Crippen molar-refractivity contribution in [2.24, 2.45) is 0 Å². The average Bonchev–Trinajstić information content (AvgIpc) is 2.58. The number of halogens is 1. The van der Waals surface area contributed by atoms with Gasteiger partial charge in [-0.3, -0.25) is 9.69 Å². The van der Waals surface area contributed by atoms with Crippen molar-refractivity contribution in [3.8, 4) is 0 Å². The molecule has 2 aromatic rings. The number of hydrogen-bond donors (Lipinski definition) is 0. The van der Waals surface area contributed by atoms with Gasteiger partial charge in [-0.05, 0) is 45.9 Å². The minimum atomic E-state index is 0.241. The molecule has 0 radical (unpaired) electrons. The fourth-order valence-corrected chi connectivity index (χ4v) is 3.25. The standard InChI is InChI=1S/C19H21IN2O/c20-18-8-6-16(7-9-18)14-19(23)22-12-10-21(11-13-22)15-17-4-2-1-3-5-17/h1-9H,10-15H2. The van der Waals surface area contributed by atoms with Crippen molar-refractivity contribution < 1.29 is 4.79 Å². The summed E-state index contributed by atoms with van der Waals surface area (Å²) in [6.45, 7) is 4.53. The van der Waals surface area contributed by atoms with Crippen LogP contribution in [0.2, 0.25) is 0 Å². The maximum Gasteiger partial charge on any atom is 0.227 e. The Morgan fingerprint density at radius 3 is 2.17 bits per heavy atom. The Bertz CT molecular complexity index is 634. The fraction of sp³-hybridized carbons (Fsp3) is 0.316. The first kappa shape index (κ1) is 16.5. The van der Waals surface area contributed by atoms with Crippen LogP contribution in [0.4, 0.5) is 0 Å². The van der Waals surface area contributed by atoms with Gasteiger partial charge in [0.15, 0.2) is 0 Å². The van der Waals surface area contributed by atoms with Crippen molar-refractivity contribution in [2.45, 2.75) is 13.0 Å². The minimum Gasteiger partial charge on any atom is -0.340 e. The van der Waals surface area contributed by atoms with Crippen LogP contribution >= 0.6 is 22.6 Å². The molecule has 1 saturated heterocycles. The molecular formula is C19H21IN2O. The maximum absolute atomic E-state index is 12.4.